The number of thiocarbonyl (C=S) groups is 1. The molecule has 0 radical (unpaired) electrons. The average Bonchev–Trinajstić information content (AvgIpc) is 2.31. The molecule has 5 nitrogen and oxygen atoms in total. The Morgan fingerprint density at radius 2 is 2.24 bits per heavy atom. The van der Waals surface area contributed by atoms with E-state index >= 15 is 0 Å². The molecule has 0 saturated heterocycles. The summed E-state index contributed by atoms with van der Waals surface area (Å²) in [5, 5.41) is 15.9. The SMILES string of the molecule is CCNC(=S)Nc1cccc(C(=O)OC)c1O. The van der Waals surface area contributed by atoms with Crippen molar-refractivity contribution in [2.45, 2.75) is 6.92 Å². The first-order valence-electron chi connectivity index (χ1n) is 5.05. The van der Waals surface area contributed by atoms with Crippen LogP contribution in [0.4, 0.5) is 5.69 Å². The summed E-state index contributed by atoms with van der Waals surface area (Å²) >= 11 is 4.98. The fraction of sp³-hybridized carbons (Fsp3) is 0.273. The Hall–Kier alpha value is -1.82. The van der Waals surface area contributed by atoms with Gasteiger partial charge in [-0.15, -0.1) is 0 Å². The Kier molecular flexibility index (Phi) is 4.71. The van der Waals surface area contributed by atoms with E-state index in [2.05, 4.69) is 15.4 Å². The molecule has 92 valence electrons. The van der Waals surface area contributed by atoms with Crippen LogP contribution >= 0.6 is 12.2 Å². The van der Waals surface area contributed by atoms with Crippen molar-refractivity contribution in [3.8, 4) is 5.75 Å². The van der Waals surface area contributed by atoms with E-state index in [4.69, 9.17) is 12.2 Å². The maximum Gasteiger partial charge on any atom is 0.341 e. The summed E-state index contributed by atoms with van der Waals surface area (Å²) < 4.78 is 4.55. The van der Waals surface area contributed by atoms with Gasteiger partial charge in [0.25, 0.3) is 0 Å². The van der Waals surface area contributed by atoms with Crippen LogP contribution < -0.4 is 10.6 Å². The topological polar surface area (TPSA) is 70.6 Å². The van der Waals surface area contributed by atoms with E-state index in [1.54, 1.807) is 12.1 Å². The summed E-state index contributed by atoms with van der Waals surface area (Å²) in [6, 6.07) is 4.72. The summed E-state index contributed by atoms with van der Waals surface area (Å²) in [5.74, 6) is -0.778. The number of carbonyl (C=O) groups excluding carboxylic acids is 1. The third-order valence-corrected chi connectivity index (χ3v) is 2.27. The maximum atomic E-state index is 11.3. The van der Waals surface area contributed by atoms with Crippen molar-refractivity contribution >= 4 is 29.0 Å². The Morgan fingerprint density at radius 3 is 2.82 bits per heavy atom. The molecular formula is C11H14N2O3S. The summed E-state index contributed by atoms with van der Waals surface area (Å²) in [6.07, 6.45) is 0. The lowest BCUT2D eigenvalue weighted by molar-refractivity contribution is 0.0597. The largest absolute Gasteiger partial charge is 0.505 e. The molecule has 0 fully saturated rings. The van der Waals surface area contributed by atoms with Gasteiger partial charge in [-0.25, -0.2) is 4.79 Å². The molecular weight excluding hydrogens is 240 g/mol. The second-order valence-corrected chi connectivity index (χ2v) is 3.59. The lowest BCUT2D eigenvalue weighted by Gasteiger charge is -2.12. The highest BCUT2D eigenvalue weighted by Gasteiger charge is 2.14. The predicted molar refractivity (Wildman–Crippen MR) is 69.3 cm³/mol. The van der Waals surface area contributed by atoms with Crippen LogP contribution in [-0.4, -0.2) is 29.8 Å². The number of anilines is 1. The standard InChI is InChI=1S/C11H14N2O3S/c1-3-12-11(17)13-8-6-4-5-7(9(8)14)10(15)16-2/h4-6,14H,3H2,1-2H3,(H2,12,13,17). The Balaban J connectivity index is 2.94. The predicted octanol–water partition coefficient (Wildman–Crippen LogP) is 1.49. The summed E-state index contributed by atoms with van der Waals surface area (Å²) in [4.78, 5) is 11.3. The third kappa shape index (κ3) is 3.32. The highest BCUT2D eigenvalue weighted by molar-refractivity contribution is 7.80. The molecule has 1 rings (SSSR count). The van der Waals surface area contributed by atoms with E-state index in [1.807, 2.05) is 6.92 Å². The van der Waals surface area contributed by atoms with Gasteiger partial charge in [0, 0.05) is 6.54 Å². The Labute approximate surface area is 105 Å². The highest BCUT2D eigenvalue weighted by atomic mass is 32.1. The molecule has 0 aromatic heterocycles. The Morgan fingerprint density at radius 1 is 1.53 bits per heavy atom. The lowest BCUT2D eigenvalue weighted by Crippen LogP contribution is -2.28. The number of aromatic hydroxyl groups is 1. The number of phenols is 1. The van der Waals surface area contributed by atoms with Crippen molar-refractivity contribution in [2.24, 2.45) is 0 Å². The quantitative estimate of drug-likeness (QED) is 0.431. The number of rotatable bonds is 3. The summed E-state index contributed by atoms with van der Waals surface area (Å²) in [7, 11) is 1.26. The van der Waals surface area contributed by atoms with Gasteiger partial charge in [-0.1, -0.05) is 6.07 Å². The van der Waals surface area contributed by atoms with E-state index in [0.29, 0.717) is 17.3 Å². The molecule has 1 aromatic rings. The Bertz CT molecular complexity index is 435. The number of hydrogen-bond acceptors (Lipinski definition) is 4. The first-order chi connectivity index (χ1) is 8.10. The number of esters is 1. The zero-order valence-electron chi connectivity index (χ0n) is 9.61. The van der Waals surface area contributed by atoms with Crippen molar-refractivity contribution in [3.05, 3.63) is 23.8 Å². The molecule has 6 heteroatoms. The van der Waals surface area contributed by atoms with E-state index < -0.39 is 5.97 Å². The lowest BCUT2D eigenvalue weighted by atomic mass is 10.1. The maximum absolute atomic E-state index is 11.3. The minimum Gasteiger partial charge on any atom is -0.505 e. The number of carbonyl (C=O) groups is 1. The molecule has 1 aromatic carbocycles. The van der Waals surface area contributed by atoms with Gasteiger partial charge in [0.2, 0.25) is 0 Å². The summed E-state index contributed by atoms with van der Waals surface area (Å²) in [6.45, 7) is 2.57. The van der Waals surface area contributed by atoms with Crippen LogP contribution in [0.5, 0.6) is 5.75 Å². The monoisotopic (exact) mass is 254 g/mol. The van der Waals surface area contributed by atoms with Crippen molar-refractivity contribution in [1.82, 2.24) is 5.32 Å². The normalized spacial score (nSPS) is 9.53. The molecule has 0 bridgehead atoms. The second-order valence-electron chi connectivity index (χ2n) is 3.18. The molecule has 0 amide bonds. The first kappa shape index (κ1) is 13.2. The fourth-order valence-electron chi connectivity index (χ4n) is 1.25. The van der Waals surface area contributed by atoms with Gasteiger partial charge in [-0.05, 0) is 31.3 Å². The molecule has 0 saturated carbocycles. The number of hydrogen-bond donors (Lipinski definition) is 3. The smallest absolute Gasteiger partial charge is 0.341 e. The number of phenolic OH excluding ortho intramolecular Hbond substituents is 1. The van der Waals surface area contributed by atoms with E-state index in [1.165, 1.54) is 13.2 Å². The molecule has 0 aliphatic heterocycles. The number of nitrogens with one attached hydrogen (secondary N) is 2. The second kappa shape index (κ2) is 6.05. The summed E-state index contributed by atoms with van der Waals surface area (Å²) in [5.41, 5.74) is 0.454. The molecule has 0 aliphatic rings. The number of benzene rings is 1. The van der Waals surface area contributed by atoms with Crippen LogP contribution in [0.3, 0.4) is 0 Å². The zero-order valence-corrected chi connectivity index (χ0v) is 10.4. The molecule has 0 unspecified atom stereocenters. The third-order valence-electron chi connectivity index (χ3n) is 2.03. The first-order valence-corrected chi connectivity index (χ1v) is 5.46. The van der Waals surface area contributed by atoms with E-state index in [0.717, 1.165) is 0 Å². The van der Waals surface area contributed by atoms with Gasteiger partial charge in [-0.3, -0.25) is 0 Å². The van der Waals surface area contributed by atoms with Gasteiger partial charge in [0.05, 0.1) is 12.8 Å². The fourth-order valence-corrected chi connectivity index (χ4v) is 1.50. The minimum absolute atomic E-state index is 0.0943. The van der Waals surface area contributed by atoms with E-state index in [-0.39, 0.29) is 11.3 Å². The van der Waals surface area contributed by atoms with Gasteiger partial charge in [0.15, 0.2) is 10.9 Å². The van der Waals surface area contributed by atoms with Crippen LogP contribution in [0.15, 0.2) is 18.2 Å². The molecule has 17 heavy (non-hydrogen) atoms. The molecule has 0 heterocycles. The van der Waals surface area contributed by atoms with Gasteiger partial charge < -0.3 is 20.5 Å². The number of ether oxygens (including phenoxy) is 1. The number of methoxy groups -OCH3 is 1. The van der Waals surface area contributed by atoms with Crippen LogP contribution in [-0.2, 0) is 4.74 Å². The molecule has 0 atom stereocenters. The highest BCUT2D eigenvalue weighted by Crippen LogP contribution is 2.27. The van der Waals surface area contributed by atoms with Gasteiger partial charge >= 0.3 is 5.97 Å². The average molecular weight is 254 g/mol. The molecule has 3 N–H and O–H groups in total. The van der Waals surface area contributed by atoms with Crippen molar-refractivity contribution in [1.29, 1.82) is 0 Å². The van der Waals surface area contributed by atoms with Crippen LogP contribution in [0.25, 0.3) is 0 Å². The van der Waals surface area contributed by atoms with Crippen LogP contribution in [0, 0.1) is 0 Å². The van der Waals surface area contributed by atoms with Crippen LogP contribution in [0.2, 0.25) is 0 Å². The van der Waals surface area contributed by atoms with Gasteiger partial charge in [0.1, 0.15) is 5.56 Å². The van der Waals surface area contributed by atoms with Gasteiger partial charge in [-0.2, -0.15) is 0 Å². The van der Waals surface area contributed by atoms with Crippen LogP contribution in [0.1, 0.15) is 17.3 Å². The molecule has 0 spiro atoms. The van der Waals surface area contributed by atoms with E-state index in [9.17, 15) is 9.90 Å². The van der Waals surface area contributed by atoms with Crippen molar-refractivity contribution in [3.63, 3.8) is 0 Å². The van der Waals surface area contributed by atoms with Crippen molar-refractivity contribution in [2.75, 3.05) is 19.0 Å². The number of para-hydroxylation sites is 1. The molecule has 0 aliphatic carbocycles. The zero-order chi connectivity index (χ0) is 12.8. The minimum atomic E-state index is -0.597. The van der Waals surface area contributed by atoms with Crippen molar-refractivity contribution < 1.29 is 14.6 Å².